The molecule has 0 saturated carbocycles. The minimum Gasteiger partial charge on any atom is -0.493 e. The van der Waals surface area contributed by atoms with Gasteiger partial charge in [-0.05, 0) is 49.8 Å². The molecule has 2 aromatic carbocycles. The molecule has 3 rings (SSSR count). The number of anilines is 1. The Kier molecular flexibility index (Phi) is 7.33. The van der Waals surface area contributed by atoms with Gasteiger partial charge in [-0.2, -0.15) is 5.10 Å². The molecule has 0 saturated heterocycles. The number of nitrogens with zero attached hydrogens (tertiary/aromatic N) is 2. The number of hydrogen-bond acceptors (Lipinski definition) is 5. The van der Waals surface area contributed by atoms with Crippen LogP contribution in [0.1, 0.15) is 27.3 Å². The number of aryl methyl sites for hydroxylation is 2. The van der Waals surface area contributed by atoms with Crippen molar-refractivity contribution >= 4 is 35.1 Å². The first-order chi connectivity index (χ1) is 15.3. The first-order valence-electron chi connectivity index (χ1n) is 9.88. The van der Waals surface area contributed by atoms with Crippen molar-refractivity contribution in [3.05, 3.63) is 76.1 Å². The fourth-order valence-corrected chi connectivity index (χ4v) is 3.37. The van der Waals surface area contributed by atoms with Crippen LogP contribution < -0.4 is 14.8 Å². The molecule has 1 amide bonds. The van der Waals surface area contributed by atoms with Crippen LogP contribution in [0.2, 0.25) is 5.02 Å². The van der Waals surface area contributed by atoms with Crippen molar-refractivity contribution in [3.8, 4) is 11.5 Å². The average Bonchev–Trinajstić information content (AvgIpc) is 3.03. The van der Waals surface area contributed by atoms with Gasteiger partial charge in [0.05, 0.1) is 29.1 Å². The normalized spacial score (nSPS) is 10.9. The summed E-state index contributed by atoms with van der Waals surface area (Å²) in [7, 11) is 3.31. The number of allylic oxidation sites excluding steroid dienone is 1. The Morgan fingerprint density at radius 3 is 2.56 bits per heavy atom. The van der Waals surface area contributed by atoms with E-state index < -0.39 is 0 Å². The van der Waals surface area contributed by atoms with Crippen LogP contribution in [0.3, 0.4) is 0 Å². The Morgan fingerprint density at radius 1 is 1.16 bits per heavy atom. The first kappa shape index (κ1) is 23.1. The van der Waals surface area contributed by atoms with Gasteiger partial charge >= 0.3 is 0 Å². The van der Waals surface area contributed by atoms with Crippen LogP contribution in [0.15, 0.2) is 48.5 Å². The number of hydrogen-bond donors (Lipinski definition) is 1. The van der Waals surface area contributed by atoms with E-state index in [0.717, 1.165) is 11.3 Å². The number of ketones is 1. The van der Waals surface area contributed by atoms with Gasteiger partial charge in [0, 0.05) is 12.7 Å². The Hall–Kier alpha value is -3.58. The molecule has 166 valence electrons. The van der Waals surface area contributed by atoms with E-state index >= 15 is 0 Å². The highest BCUT2D eigenvalue weighted by Gasteiger charge is 2.15. The van der Waals surface area contributed by atoms with Crippen LogP contribution in [0, 0.1) is 13.8 Å². The highest BCUT2D eigenvalue weighted by molar-refractivity contribution is 6.33. The number of ether oxygens (including phenoxy) is 2. The van der Waals surface area contributed by atoms with Crippen LogP contribution >= 0.6 is 11.6 Å². The smallest absolute Gasteiger partial charge is 0.262 e. The lowest BCUT2D eigenvalue weighted by Gasteiger charge is -2.12. The maximum Gasteiger partial charge on any atom is 0.262 e. The quantitative estimate of drug-likeness (QED) is 0.397. The largest absolute Gasteiger partial charge is 0.493 e. The van der Waals surface area contributed by atoms with E-state index in [4.69, 9.17) is 21.1 Å². The van der Waals surface area contributed by atoms with Gasteiger partial charge in [-0.15, -0.1) is 0 Å². The van der Waals surface area contributed by atoms with Crippen molar-refractivity contribution in [3.63, 3.8) is 0 Å². The molecule has 0 aliphatic carbocycles. The van der Waals surface area contributed by atoms with E-state index in [0.29, 0.717) is 33.5 Å². The van der Waals surface area contributed by atoms with Gasteiger partial charge in [0.2, 0.25) is 0 Å². The zero-order chi connectivity index (χ0) is 23.3. The summed E-state index contributed by atoms with van der Waals surface area (Å²) in [4.78, 5) is 24.8. The molecule has 8 heteroatoms. The molecule has 0 aliphatic rings. The molecule has 0 atom stereocenters. The van der Waals surface area contributed by atoms with Crippen molar-refractivity contribution in [1.82, 2.24) is 9.78 Å². The second-order valence-corrected chi connectivity index (χ2v) is 7.50. The maximum absolute atomic E-state index is 12.6. The SMILES string of the molecule is COc1cc(/C=C/C(=O)c2c(C)nn(C)c2C)ccc1OCC(=O)Nc1ccccc1Cl. The molecule has 3 aromatic rings. The molecule has 0 unspecified atom stereocenters. The predicted octanol–water partition coefficient (Wildman–Crippen LogP) is 4.61. The standard InChI is InChI=1S/C24H24ClN3O4/c1-15-24(16(2)28(3)27-15)20(29)11-9-17-10-12-21(22(13-17)31-4)32-14-23(30)26-19-8-6-5-7-18(19)25/h5-13H,14H2,1-4H3,(H,26,30)/b11-9+. The molecule has 7 nitrogen and oxygen atoms in total. The molecule has 1 N–H and O–H groups in total. The van der Waals surface area contributed by atoms with Gasteiger partial charge < -0.3 is 14.8 Å². The summed E-state index contributed by atoms with van der Waals surface area (Å²) < 4.78 is 12.7. The van der Waals surface area contributed by atoms with Crippen molar-refractivity contribution in [2.45, 2.75) is 13.8 Å². The second kappa shape index (κ2) is 10.2. The summed E-state index contributed by atoms with van der Waals surface area (Å²) in [5, 5.41) is 7.42. The van der Waals surface area contributed by atoms with Gasteiger partial charge in [-0.25, -0.2) is 0 Å². The third-order valence-corrected chi connectivity index (χ3v) is 5.21. The number of para-hydroxylation sites is 1. The van der Waals surface area contributed by atoms with Gasteiger partial charge in [0.1, 0.15) is 0 Å². The monoisotopic (exact) mass is 453 g/mol. The van der Waals surface area contributed by atoms with Crippen molar-refractivity contribution < 1.29 is 19.1 Å². The number of carbonyl (C=O) groups is 2. The van der Waals surface area contributed by atoms with E-state index in [-0.39, 0.29) is 18.3 Å². The topological polar surface area (TPSA) is 82.4 Å². The van der Waals surface area contributed by atoms with Gasteiger partial charge in [-0.3, -0.25) is 14.3 Å². The maximum atomic E-state index is 12.6. The van der Waals surface area contributed by atoms with Gasteiger partial charge in [0.15, 0.2) is 23.9 Å². The highest BCUT2D eigenvalue weighted by Crippen LogP contribution is 2.29. The van der Waals surface area contributed by atoms with Crippen molar-refractivity contribution in [2.24, 2.45) is 7.05 Å². The summed E-state index contributed by atoms with van der Waals surface area (Å²) in [5.41, 5.74) is 3.37. The van der Waals surface area contributed by atoms with Crippen LogP contribution in [0.5, 0.6) is 11.5 Å². The summed E-state index contributed by atoms with van der Waals surface area (Å²) in [6, 6.07) is 12.1. The van der Waals surface area contributed by atoms with E-state index in [1.165, 1.54) is 13.2 Å². The lowest BCUT2D eigenvalue weighted by atomic mass is 10.1. The molecule has 0 radical (unpaired) electrons. The predicted molar refractivity (Wildman–Crippen MR) is 125 cm³/mol. The van der Waals surface area contributed by atoms with Gasteiger partial charge in [-0.1, -0.05) is 35.9 Å². The Bertz CT molecular complexity index is 1180. The molecule has 1 aromatic heterocycles. The lowest BCUT2D eigenvalue weighted by Crippen LogP contribution is -2.20. The number of methoxy groups -OCH3 is 1. The zero-order valence-corrected chi connectivity index (χ0v) is 19.1. The van der Waals surface area contributed by atoms with Gasteiger partial charge in [0.25, 0.3) is 5.91 Å². The van der Waals surface area contributed by atoms with Crippen LogP contribution in [0.25, 0.3) is 6.08 Å². The molecule has 0 fully saturated rings. The van der Waals surface area contributed by atoms with E-state index in [9.17, 15) is 9.59 Å². The molecule has 0 bridgehead atoms. The van der Waals surface area contributed by atoms with Crippen molar-refractivity contribution in [2.75, 3.05) is 19.0 Å². The summed E-state index contributed by atoms with van der Waals surface area (Å²) >= 11 is 6.05. The molecule has 1 heterocycles. The zero-order valence-electron chi connectivity index (χ0n) is 18.3. The van der Waals surface area contributed by atoms with E-state index in [1.807, 2.05) is 13.8 Å². The molecular formula is C24H24ClN3O4. The van der Waals surface area contributed by atoms with Crippen molar-refractivity contribution in [1.29, 1.82) is 0 Å². The molecular weight excluding hydrogens is 430 g/mol. The second-order valence-electron chi connectivity index (χ2n) is 7.09. The molecule has 0 spiro atoms. The van der Waals surface area contributed by atoms with Crippen LogP contribution in [-0.2, 0) is 11.8 Å². The third kappa shape index (κ3) is 5.36. The van der Waals surface area contributed by atoms with Crippen LogP contribution in [-0.4, -0.2) is 35.2 Å². The summed E-state index contributed by atoms with van der Waals surface area (Å²) in [6.45, 7) is 3.46. The number of carbonyl (C=O) groups excluding carboxylic acids is 2. The lowest BCUT2D eigenvalue weighted by molar-refractivity contribution is -0.118. The fourth-order valence-electron chi connectivity index (χ4n) is 3.18. The Labute approximate surface area is 191 Å². The first-order valence-corrected chi connectivity index (χ1v) is 10.3. The summed E-state index contributed by atoms with van der Waals surface area (Å²) in [6.07, 6.45) is 3.20. The molecule has 0 aliphatic heterocycles. The highest BCUT2D eigenvalue weighted by atomic mass is 35.5. The van der Waals surface area contributed by atoms with E-state index in [1.54, 1.807) is 60.3 Å². The number of halogens is 1. The fraction of sp³-hybridized carbons (Fsp3) is 0.208. The Morgan fingerprint density at radius 2 is 1.91 bits per heavy atom. The number of nitrogens with one attached hydrogen (secondary N) is 1. The van der Waals surface area contributed by atoms with Crippen LogP contribution in [0.4, 0.5) is 5.69 Å². The minimum atomic E-state index is -0.350. The number of amides is 1. The average molecular weight is 454 g/mol. The number of benzene rings is 2. The number of rotatable bonds is 8. The Balaban J connectivity index is 1.66. The third-order valence-electron chi connectivity index (χ3n) is 4.88. The number of aromatic nitrogens is 2. The minimum absolute atomic E-state index is 0.122. The summed E-state index contributed by atoms with van der Waals surface area (Å²) in [5.74, 6) is 0.378. The molecule has 32 heavy (non-hydrogen) atoms. The van der Waals surface area contributed by atoms with E-state index in [2.05, 4.69) is 10.4 Å².